The maximum atomic E-state index is 13.1. The highest BCUT2D eigenvalue weighted by molar-refractivity contribution is 6.30. The lowest BCUT2D eigenvalue weighted by Gasteiger charge is -2.32. The number of piperidine rings is 1. The van der Waals surface area contributed by atoms with Crippen LogP contribution in [-0.4, -0.2) is 51.2 Å². The van der Waals surface area contributed by atoms with E-state index in [0.29, 0.717) is 36.8 Å². The van der Waals surface area contributed by atoms with Crippen LogP contribution in [0.15, 0.2) is 35.3 Å². The van der Waals surface area contributed by atoms with Gasteiger partial charge in [0, 0.05) is 49.9 Å². The molecule has 0 spiro atoms. The van der Waals surface area contributed by atoms with Crippen molar-refractivity contribution in [3.63, 3.8) is 0 Å². The van der Waals surface area contributed by atoms with E-state index in [1.165, 1.54) is 16.3 Å². The van der Waals surface area contributed by atoms with Crippen LogP contribution in [0.4, 0.5) is 0 Å². The van der Waals surface area contributed by atoms with Crippen LogP contribution in [0.2, 0.25) is 5.02 Å². The fourth-order valence-corrected chi connectivity index (χ4v) is 5.33. The maximum Gasteiger partial charge on any atom is 0.279 e. The number of carbonyl (C=O) groups is 1. The molecule has 4 heterocycles. The highest BCUT2D eigenvalue weighted by Crippen LogP contribution is 2.21. The smallest absolute Gasteiger partial charge is 0.279 e. The molecule has 9 heteroatoms. The number of nitrogens with one attached hydrogen (secondary N) is 2. The summed E-state index contributed by atoms with van der Waals surface area (Å²) in [6.07, 6.45) is 4.40. The second kappa shape index (κ2) is 9.90. The molecule has 2 aliphatic rings. The molecule has 3 aromatic rings. The summed E-state index contributed by atoms with van der Waals surface area (Å²) in [5, 5.41) is 11.4. The maximum absolute atomic E-state index is 13.1. The molecule has 0 unspecified atom stereocenters. The minimum atomic E-state index is -0.158. The number of fused-ring (bicyclic) bond motifs is 2. The zero-order chi connectivity index (χ0) is 23.7. The lowest BCUT2D eigenvalue weighted by atomic mass is 9.96. The second-order valence-corrected chi connectivity index (χ2v) is 9.69. The fourth-order valence-electron chi connectivity index (χ4n) is 5.21. The molecule has 1 saturated heterocycles. The normalized spacial score (nSPS) is 17.1. The summed E-state index contributed by atoms with van der Waals surface area (Å²) in [7, 11) is 0. The number of aryl methyl sites for hydroxylation is 1. The molecule has 180 valence electrons. The predicted octanol–water partition coefficient (Wildman–Crippen LogP) is 2.46. The molecule has 1 aromatic carbocycles. The van der Waals surface area contributed by atoms with Gasteiger partial charge in [-0.15, -0.1) is 0 Å². The van der Waals surface area contributed by atoms with Gasteiger partial charge in [-0.1, -0.05) is 23.7 Å². The van der Waals surface area contributed by atoms with Crippen molar-refractivity contribution in [3.05, 3.63) is 68.2 Å². The Morgan fingerprint density at radius 3 is 2.74 bits per heavy atom. The molecule has 1 amide bonds. The highest BCUT2D eigenvalue weighted by Gasteiger charge is 2.25. The van der Waals surface area contributed by atoms with Gasteiger partial charge in [0.2, 0.25) is 0 Å². The summed E-state index contributed by atoms with van der Waals surface area (Å²) in [6, 6.07) is 8.03. The molecule has 2 aliphatic heterocycles. The molecule has 8 nitrogen and oxygen atoms in total. The van der Waals surface area contributed by atoms with Crippen molar-refractivity contribution < 1.29 is 4.79 Å². The average molecular weight is 483 g/mol. The SMILES string of the molecule is CCn1c2c(c(=O)n3ncc(C(=O)NCC4CCN(Cc5ccc(Cl)cc5)CC4)c13)CNCC2. The van der Waals surface area contributed by atoms with Crippen LogP contribution in [0.5, 0.6) is 0 Å². The number of nitrogens with zero attached hydrogens (tertiary/aromatic N) is 4. The number of likely N-dealkylation sites (tertiary alicyclic amines) is 1. The second-order valence-electron chi connectivity index (χ2n) is 9.25. The Balaban J connectivity index is 1.23. The van der Waals surface area contributed by atoms with E-state index in [-0.39, 0.29) is 11.5 Å². The molecule has 2 aromatic heterocycles. The quantitative estimate of drug-likeness (QED) is 0.564. The van der Waals surface area contributed by atoms with Crippen molar-refractivity contribution in [2.75, 3.05) is 26.2 Å². The lowest BCUT2D eigenvalue weighted by molar-refractivity contribution is 0.0936. The summed E-state index contributed by atoms with van der Waals surface area (Å²) in [4.78, 5) is 28.5. The molecule has 0 bridgehead atoms. The van der Waals surface area contributed by atoms with Gasteiger partial charge in [0.25, 0.3) is 11.5 Å². The van der Waals surface area contributed by atoms with Crippen LogP contribution in [0.25, 0.3) is 5.65 Å². The molecular formula is C25H31ClN6O2. The Labute approximate surface area is 203 Å². The van der Waals surface area contributed by atoms with Crippen molar-refractivity contribution >= 4 is 23.2 Å². The van der Waals surface area contributed by atoms with Gasteiger partial charge in [0.05, 0.1) is 11.8 Å². The molecule has 5 rings (SSSR count). The predicted molar refractivity (Wildman–Crippen MR) is 132 cm³/mol. The zero-order valence-electron chi connectivity index (χ0n) is 19.5. The molecule has 1 fully saturated rings. The van der Waals surface area contributed by atoms with Gasteiger partial charge < -0.3 is 15.2 Å². The van der Waals surface area contributed by atoms with Crippen LogP contribution in [0, 0.1) is 5.92 Å². The third-order valence-electron chi connectivity index (χ3n) is 7.10. The summed E-state index contributed by atoms with van der Waals surface area (Å²) in [5.41, 5.74) is 3.98. The van der Waals surface area contributed by atoms with E-state index in [2.05, 4.69) is 37.3 Å². The molecular weight excluding hydrogens is 452 g/mol. The van der Waals surface area contributed by atoms with Crippen LogP contribution in [0.1, 0.15) is 46.9 Å². The number of benzene rings is 1. The number of aromatic nitrogens is 3. The van der Waals surface area contributed by atoms with E-state index in [1.54, 1.807) is 0 Å². The van der Waals surface area contributed by atoms with Crippen molar-refractivity contribution in [2.24, 2.45) is 5.92 Å². The van der Waals surface area contributed by atoms with Gasteiger partial charge in [-0.25, -0.2) is 0 Å². The van der Waals surface area contributed by atoms with Crippen molar-refractivity contribution in [2.45, 2.75) is 45.8 Å². The van der Waals surface area contributed by atoms with Gasteiger partial charge in [-0.05, 0) is 56.5 Å². The number of amides is 1. The minimum Gasteiger partial charge on any atom is -0.352 e. The van der Waals surface area contributed by atoms with Crippen molar-refractivity contribution in [3.8, 4) is 0 Å². The van der Waals surface area contributed by atoms with Crippen LogP contribution >= 0.6 is 11.6 Å². The summed E-state index contributed by atoms with van der Waals surface area (Å²) in [5.74, 6) is 0.286. The summed E-state index contributed by atoms with van der Waals surface area (Å²) >= 11 is 5.99. The van der Waals surface area contributed by atoms with Crippen LogP contribution in [-0.2, 0) is 26.1 Å². The first-order valence-electron chi connectivity index (χ1n) is 12.1. The minimum absolute atomic E-state index is 0.131. The Bertz CT molecular complexity index is 1240. The van der Waals surface area contributed by atoms with Gasteiger partial charge in [0.15, 0.2) is 5.65 Å². The zero-order valence-corrected chi connectivity index (χ0v) is 20.3. The largest absolute Gasteiger partial charge is 0.352 e. The standard InChI is InChI=1S/C25H31ClN6O2/c1-2-31-22-7-10-27-14-20(22)25(34)32-24(31)21(15-29-32)23(33)28-13-17-8-11-30(12-9-17)16-18-3-5-19(26)6-4-18/h3-6,15,17,27H,2,7-14,16H2,1H3,(H,28,33). The number of rotatable bonds is 6. The van der Waals surface area contributed by atoms with E-state index in [4.69, 9.17) is 11.6 Å². The molecule has 0 atom stereocenters. The van der Waals surface area contributed by atoms with Crippen molar-refractivity contribution in [1.82, 2.24) is 29.7 Å². The average Bonchev–Trinajstić information content (AvgIpc) is 3.31. The Hall–Kier alpha value is -2.68. The van der Waals surface area contributed by atoms with Crippen LogP contribution in [0.3, 0.4) is 0 Å². The van der Waals surface area contributed by atoms with E-state index in [1.807, 2.05) is 19.1 Å². The first kappa shape index (κ1) is 23.1. The van der Waals surface area contributed by atoms with E-state index < -0.39 is 0 Å². The first-order valence-corrected chi connectivity index (χ1v) is 12.5. The third-order valence-corrected chi connectivity index (χ3v) is 7.36. The number of halogens is 1. The summed E-state index contributed by atoms with van der Waals surface area (Å²) in [6.45, 7) is 7.68. The molecule has 2 N–H and O–H groups in total. The molecule has 34 heavy (non-hydrogen) atoms. The topological polar surface area (TPSA) is 83.7 Å². The number of hydrogen-bond donors (Lipinski definition) is 2. The Morgan fingerprint density at radius 1 is 1.24 bits per heavy atom. The first-order chi connectivity index (χ1) is 16.5. The molecule has 0 radical (unpaired) electrons. The summed E-state index contributed by atoms with van der Waals surface area (Å²) < 4.78 is 3.47. The van der Waals surface area contributed by atoms with Gasteiger partial charge >= 0.3 is 0 Å². The van der Waals surface area contributed by atoms with Gasteiger partial charge in [-0.2, -0.15) is 9.61 Å². The monoisotopic (exact) mass is 482 g/mol. The Kier molecular flexibility index (Phi) is 6.72. The lowest BCUT2D eigenvalue weighted by Crippen LogP contribution is -2.38. The van der Waals surface area contributed by atoms with Gasteiger partial charge in [-0.3, -0.25) is 14.5 Å². The van der Waals surface area contributed by atoms with E-state index in [9.17, 15) is 9.59 Å². The fraction of sp³-hybridized carbons (Fsp3) is 0.480. The Morgan fingerprint density at radius 2 is 2.00 bits per heavy atom. The third kappa shape index (κ3) is 4.50. The van der Waals surface area contributed by atoms with E-state index >= 15 is 0 Å². The van der Waals surface area contributed by atoms with Gasteiger partial charge in [0.1, 0.15) is 5.56 Å². The van der Waals surface area contributed by atoms with Crippen molar-refractivity contribution in [1.29, 1.82) is 0 Å². The molecule has 0 saturated carbocycles. The van der Waals surface area contributed by atoms with Crippen LogP contribution < -0.4 is 16.2 Å². The molecule has 0 aliphatic carbocycles. The van der Waals surface area contributed by atoms with E-state index in [0.717, 1.165) is 61.7 Å². The highest BCUT2D eigenvalue weighted by atomic mass is 35.5. The number of carbonyl (C=O) groups excluding carboxylic acids is 1. The number of hydrogen-bond acceptors (Lipinski definition) is 5.